The SMILES string of the molecule is COc1ccc(CN(C(=O)CCc2ccccc2)C(C(=O)NCCC(C)C)c2ccccc2)cc1. The molecule has 5 nitrogen and oxygen atoms in total. The van der Waals surface area contributed by atoms with Gasteiger partial charge in [-0.3, -0.25) is 9.59 Å². The maximum Gasteiger partial charge on any atom is 0.247 e. The van der Waals surface area contributed by atoms with E-state index in [0.29, 0.717) is 31.8 Å². The van der Waals surface area contributed by atoms with Crippen LogP contribution in [0.2, 0.25) is 0 Å². The van der Waals surface area contributed by atoms with Crippen LogP contribution in [0.25, 0.3) is 0 Å². The van der Waals surface area contributed by atoms with Gasteiger partial charge in [0.05, 0.1) is 7.11 Å². The molecule has 0 saturated carbocycles. The van der Waals surface area contributed by atoms with Crippen LogP contribution < -0.4 is 10.1 Å². The Kier molecular flexibility index (Phi) is 9.91. The van der Waals surface area contributed by atoms with Crippen LogP contribution in [0, 0.1) is 5.92 Å². The van der Waals surface area contributed by atoms with Gasteiger partial charge < -0.3 is 15.0 Å². The fraction of sp³-hybridized carbons (Fsp3) is 0.333. The topological polar surface area (TPSA) is 58.6 Å². The molecule has 184 valence electrons. The number of nitrogens with zero attached hydrogens (tertiary/aromatic N) is 1. The van der Waals surface area contributed by atoms with Crippen LogP contribution in [0.4, 0.5) is 0 Å². The summed E-state index contributed by atoms with van der Waals surface area (Å²) in [6.07, 6.45) is 1.83. The first-order valence-corrected chi connectivity index (χ1v) is 12.3. The summed E-state index contributed by atoms with van der Waals surface area (Å²) in [6.45, 7) is 5.16. The van der Waals surface area contributed by atoms with Crippen molar-refractivity contribution in [2.45, 2.75) is 45.7 Å². The molecule has 0 aliphatic carbocycles. The smallest absolute Gasteiger partial charge is 0.247 e. The Labute approximate surface area is 209 Å². The predicted octanol–water partition coefficient (Wildman–Crippen LogP) is 5.56. The normalized spacial score (nSPS) is 11.7. The standard InChI is InChI=1S/C30H36N2O3/c1-23(2)20-21-31-30(34)29(26-12-8-5-9-13-26)32(22-25-14-17-27(35-3)18-15-25)28(33)19-16-24-10-6-4-7-11-24/h4-15,17-18,23,29H,16,19-22H2,1-3H3,(H,31,34). The molecular weight excluding hydrogens is 436 g/mol. The van der Waals surface area contributed by atoms with Gasteiger partial charge >= 0.3 is 0 Å². The summed E-state index contributed by atoms with van der Waals surface area (Å²) >= 11 is 0. The highest BCUT2D eigenvalue weighted by molar-refractivity contribution is 5.88. The van der Waals surface area contributed by atoms with E-state index >= 15 is 0 Å². The van der Waals surface area contributed by atoms with Crippen molar-refractivity contribution < 1.29 is 14.3 Å². The summed E-state index contributed by atoms with van der Waals surface area (Å²) in [5.74, 6) is 1.02. The van der Waals surface area contributed by atoms with Gasteiger partial charge in [-0.05, 0) is 47.6 Å². The molecule has 2 amide bonds. The van der Waals surface area contributed by atoms with Crippen LogP contribution >= 0.6 is 0 Å². The van der Waals surface area contributed by atoms with Gasteiger partial charge in [-0.1, -0.05) is 86.6 Å². The maximum atomic E-state index is 13.7. The van der Waals surface area contributed by atoms with Gasteiger partial charge in [-0.15, -0.1) is 0 Å². The second kappa shape index (κ2) is 13.3. The lowest BCUT2D eigenvalue weighted by Gasteiger charge is -2.32. The third-order valence-electron chi connectivity index (χ3n) is 6.00. The zero-order valence-electron chi connectivity index (χ0n) is 20.9. The van der Waals surface area contributed by atoms with E-state index in [2.05, 4.69) is 19.2 Å². The van der Waals surface area contributed by atoms with Crippen LogP contribution in [-0.4, -0.2) is 30.4 Å². The molecule has 3 aromatic carbocycles. The molecule has 1 unspecified atom stereocenters. The van der Waals surface area contributed by atoms with Gasteiger partial charge in [0.15, 0.2) is 0 Å². The average molecular weight is 473 g/mol. The van der Waals surface area contributed by atoms with Crippen molar-refractivity contribution in [3.8, 4) is 5.75 Å². The third kappa shape index (κ3) is 7.99. The van der Waals surface area contributed by atoms with E-state index < -0.39 is 6.04 Å². The average Bonchev–Trinajstić information content (AvgIpc) is 2.88. The molecule has 0 heterocycles. The largest absolute Gasteiger partial charge is 0.497 e. The summed E-state index contributed by atoms with van der Waals surface area (Å²) in [5, 5.41) is 3.07. The molecule has 0 bridgehead atoms. The van der Waals surface area contributed by atoms with Gasteiger partial charge in [-0.25, -0.2) is 0 Å². The fourth-order valence-electron chi connectivity index (χ4n) is 3.98. The van der Waals surface area contributed by atoms with Gasteiger partial charge in [0.2, 0.25) is 11.8 Å². The number of nitrogens with one attached hydrogen (secondary N) is 1. The van der Waals surface area contributed by atoms with Crippen molar-refractivity contribution in [2.24, 2.45) is 5.92 Å². The van der Waals surface area contributed by atoms with E-state index in [1.807, 2.05) is 84.9 Å². The van der Waals surface area contributed by atoms with Gasteiger partial charge in [0.1, 0.15) is 11.8 Å². The van der Waals surface area contributed by atoms with Gasteiger partial charge in [0.25, 0.3) is 0 Å². The Hall–Kier alpha value is -3.60. The molecule has 0 fully saturated rings. The van der Waals surface area contributed by atoms with E-state index in [0.717, 1.165) is 28.9 Å². The molecule has 0 saturated heterocycles. The molecule has 3 rings (SSSR count). The van der Waals surface area contributed by atoms with Crippen LogP contribution in [0.15, 0.2) is 84.9 Å². The lowest BCUT2D eigenvalue weighted by atomic mass is 10.0. The fourth-order valence-corrected chi connectivity index (χ4v) is 3.98. The Bertz CT molecular complexity index is 1050. The van der Waals surface area contributed by atoms with Crippen LogP contribution in [0.3, 0.4) is 0 Å². The first-order chi connectivity index (χ1) is 17.0. The summed E-state index contributed by atoms with van der Waals surface area (Å²) in [6, 6.07) is 26.4. The number of benzene rings is 3. The molecule has 0 aromatic heterocycles. The molecule has 3 aromatic rings. The molecular formula is C30H36N2O3. The van der Waals surface area contributed by atoms with E-state index in [4.69, 9.17) is 4.74 Å². The monoisotopic (exact) mass is 472 g/mol. The summed E-state index contributed by atoms with van der Waals surface area (Å²) in [7, 11) is 1.63. The Morgan fingerprint density at radius 1 is 0.857 bits per heavy atom. The maximum absolute atomic E-state index is 13.7. The first-order valence-electron chi connectivity index (χ1n) is 12.3. The number of hydrogen-bond acceptors (Lipinski definition) is 3. The number of carbonyl (C=O) groups excluding carboxylic acids is 2. The van der Waals surface area contributed by atoms with Crippen molar-refractivity contribution in [1.82, 2.24) is 10.2 Å². The van der Waals surface area contributed by atoms with Gasteiger partial charge in [0, 0.05) is 19.5 Å². The van der Waals surface area contributed by atoms with Crippen molar-refractivity contribution >= 4 is 11.8 Å². The van der Waals surface area contributed by atoms with E-state index in [9.17, 15) is 9.59 Å². The van der Waals surface area contributed by atoms with Crippen LogP contribution in [0.1, 0.15) is 49.4 Å². The summed E-state index contributed by atoms with van der Waals surface area (Å²) < 4.78 is 5.28. The highest BCUT2D eigenvalue weighted by Gasteiger charge is 2.31. The minimum atomic E-state index is -0.714. The number of methoxy groups -OCH3 is 1. The third-order valence-corrected chi connectivity index (χ3v) is 6.00. The number of hydrogen-bond donors (Lipinski definition) is 1. The van der Waals surface area contributed by atoms with Crippen LogP contribution in [0.5, 0.6) is 5.75 Å². The highest BCUT2D eigenvalue weighted by Crippen LogP contribution is 2.26. The summed E-state index contributed by atoms with van der Waals surface area (Å²) in [5.41, 5.74) is 2.84. The quantitative estimate of drug-likeness (QED) is 0.375. The molecule has 0 radical (unpaired) electrons. The molecule has 0 spiro atoms. The number of carbonyl (C=O) groups is 2. The molecule has 0 aliphatic heterocycles. The number of aryl methyl sites for hydroxylation is 1. The Morgan fingerprint density at radius 3 is 2.09 bits per heavy atom. The predicted molar refractivity (Wildman–Crippen MR) is 140 cm³/mol. The van der Waals surface area contributed by atoms with Crippen LogP contribution in [-0.2, 0) is 22.6 Å². The van der Waals surface area contributed by atoms with E-state index in [-0.39, 0.29) is 11.8 Å². The molecule has 1 atom stereocenters. The lowest BCUT2D eigenvalue weighted by Crippen LogP contribution is -2.43. The zero-order valence-corrected chi connectivity index (χ0v) is 20.9. The van der Waals surface area contributed by atoms with Crippen molar-refractivity contribution in [1.29, 1.82) is 0 Å². The van der Waals surface area contributed by atoms with Gasteiger partial charge in [-0.2, -0.15) is 0 Å². The Morgan fingerprint density at radius 2 is 1.49 bits per heavy atom. The van der Waals surface area contributed by atoms with Crippen molar-refractivity contribution in [3.05, 3.63) is 102 Å². The molecule has 0 aliphatic rings. The van der Waals surface area contributed by atoms with E-state index in [1.54, 1.807) is 12.0 Å². The second-order valence-corrected chi connectivity index (χ2v) is 9.14. The molecule has 35 heavy (non-hydrogen) atoms. The number of ether oxygens (including phenoxy) is 1. The highest BCUT2D eigenvalue weighted by atomic mass is 16.5. The van der Waals surface area contributed by atoms with Crippen molar-refractivity contribution in [2.75, 3.05) is 13.7 Å². The molecule has 1 N–H and O–H groups in total. The Balaban J connectivity index is 1.90. The van der Waals surface area contributed by atoms with E-state index in [1.165, 1.54) is 0 Å². The van der Waals surface area contributed by atoms with Crippen molar-refractivity contribution in [3.63, 3.8) is 0 Å². The summed E-state index contributed by atoms with van der Waals surface area (Å²) in [4.78, 5) is 28.9. The molecule has 5 heteroatoms. The minimum absolute atomic E-state index is 0.0578. The first kappa shape index (κ1) is 26.0. The zero-order chi connectivity index (χ0) is 25.0. The minimum Gasteiger partial charge on any atom is -0.497 e. The number of amides is 2. The lowest BCUT2D eigenvalue weighted by molar-refractivity contribution is -0.141. The number of rotatable bonds is 12. The second-order valence-electron chi connectivity index (χ2n) is 9.14.